The van der Waals surface area contributed by atoms with Crippen LogP contribution in [-0.4, -0.2) is 33.7 Å². The van der Waals surface area contributed by atoms with Gasteiger partial charge in [-0.05, 0) is 37.1 Å². The van der Waals surface area contributed by atoms with Crippen LogP contribution in [0.5, 0.6) is 0 Å². The summed E-state index contributed by atoms with van der Waals surface area (Å²) in [7, 11) is 0. The van der Waals surface area contributed by atoms with Gasteiger partial charge in [-0.25, -0.2) is 0 Å². The maximum atomic E-state index is 13.7. The van der Waals surface area contributed by atoms with Gasteiger partial charge in [0.2, 0.25) is 11.8 Å². The summed E-state index contributed by atoms with van der Waals surface area (Å²) in [6.07, 6.45) is 0.131. The van der Waals surface area contributed by atoms with E-state index in [0.717, 1.165) is 15.6 Å². The molecule has 0 aromatic heterocycles. The Kier molecular flexibility index (Phi) is 9.14. The quantitative estimate of drug-likeness (QED) is 0.288. The van der Waals surface area contributed by atoms with Crippen LogP contribution in [0.25, 0.3) is 0 Å². The minimum Gasteiger partial charge on any atom is -0.352 e. The second-order valence-electron chi connectivity index (χ2n) is 8.58. The Bertz CT molecular complexity index is 1170. The molecule has 7 nitrogen and oxygen atoms in total. The van der Waals surface area contributed by atoms with Crippen LogP contribution in [0.4, 0.5) is 5.69 Å². The minimum absolute atomic E-state index is 0.111. The van der Waals surface area contributed by atoms with Crippen LogP contribution in [0.15, 0.2) is 83.3 Å². The maximum Gasteiger partial charge on any atom is 0.273 e. The number of benzene rings is 3. The monoisotopic (exact) mass is 537 g/mol. The number of nitro groups is 1. The van der Waals surface area contributed by atoms with E-state index in [2.05, 4.69) is 21.2 Å². The van der Waals surface area contributed by atoms with Crippen molar-refractivity contribution in [1.82, 2.24) is 10.2 Å². The smallest absolute Gasteiger partial charge is 0.273 e. The fourth-order valence-electron chi connectivity index (χ4n) is 3.82. The highest BCUT2D eigenvalue weighted by Gasteiger charge is 2.31. The van der Waals surface area contributed by atoms with E-state index < -0.39 is 11.0 Å². The van der Waals surface area contributed by atoms with Crippen molar-refractivity contribution in [1.29, 1.82) is 0 Å². The van der Waals surface area contributed by atoms with E-state index in [9.17, 15) is 19.7 Å². The van der Waals surface area contributed by atoms with Gasteiger partial charge in [0.25, 0.3) is 5.69 Å². The molecule has 0 spiro atoms. The first kappa shape index (κ1) is 26.1. The Morgan fingerprint density at radius 3 is 2.20 bits per heavy atom. The zero-order chi connectivity index (χ0) is 25.4. The fourth-order valence-corrected chi connectivity index (χ4v) is 4.09. The Morgan fingerprint density at radius 1 is 0.943 bits per heavy atom. The minimum atomic E-state index is -0.793. The molecule has 35 heavy (non-hydrogen) atoms. The first-order valence-electron chi connectivity index (χ1n) is 11.3. The van der Waals surface area contributed by atoms with Gasteiger partial charge >= 0.3 is 0 Å². The average Bonchev–Trinajstić information content (AvgIpc) is 2.83. The molecule has 2 amide bonds. The van der Waals surface area contributed by atoms with Crippen LogP contribution < -0.4 is 5.32 Å². The maximum absolute atomic E-state index is 13.7. The number of hydrogen-bond donors (Lipinski definition) is 1. The molecule has 0 aliphatic rings. The summed E-state index contributed by atoms with van der Waals surface area (Å²) in [6, 6.07) is 22.3. The molecule has 0 aliphatic heterocycles. The molecule has 1 atom stereocenters. The number of nitrogens with zero attached hydrogens (tertiary/aromatic N) is 2. The van der Waals surface area contributed by atoms with Crippen LogP contribution in [0.2, 0.25) is 0 Å². The van der Waals surface area contributed by atoms with E-state index in [1.54, 1.807) is 18.2 Å². The van der Waals surface area contributed by atoms with E-state index >= 15 is 0 Å². The normalized spacial score (nSPS) is 11.7. The van der Waals surface area contributed by atoms with E-state index in [1.165, 1.54) is 11.0 Å². The van der Waals surface area contributed by atoms with Gasteiger partial charge < -0.3 is 10.2 Å². The molecule has 3 rings (SSSR count). The number of halogens is 1. The highest BCUT2D eigenvalue weighted by molar-refractivity contribution is 9.10. The molecule has 0 radical (unpaired) electrons. The molecule has 0 aliphatic carbocycles. The number of carbonyl (C=O) groups is 2. The van der Waals surface area contributed by atoms with Crippen molar-refractivity contribution in [2.45, 2.75) is 45.3 Å². The third-order valence-corrected chi connectivity index (χ3v) is 6.03. The molecular weight excluding hydrogens is 510 g/mol. The van der Waals surface area contributed by atoms with Gasteiger partial charge in [0, 0.05) is 35.1 Å². The van der Waals surface area contributed by atoms with E-state index in [-0.39, 0.29) is 36.5 Å². The summed E-state index contributed by atoms with van der Waals surface area (Å²) in [6.45, 7) is 3.92. The molecule has 3 aromatic rings. The second-order valence-corrected chi connectivity index (χ2v) is 9.50. The topological polar surface area (TPSA) is 92.6 Å². The SMILES string of the molecule is CC(C)NC(=O)C(Cc1ccccc1)N(Cc1ccc(Br)cc1)C(=O)Cc1ccccc1[N+](=O)[O-]. The summed E-state index contributed by atoms with van der Waals surface area (Å²) < 4.78 is 0.900. The number of nitrogens with one attached hydrogen (secondary N) is 1. The van der Waals surface area contributed by atoms with Gasteiger partial charge in [0.05, 0.1) is 11.3 Å². The lowest BCUT2D eigenvalue weighted by Gasteiger charge is -2.32. The van der Waals surface area contributed by atoms with Crippen LogP contribution in [0.1, 0.15) is 30.5 Å². The van der Waals surface area contributed by atoms with Gasteiger partial charge in [0.1, 0.15) is 6.04 Å². The Hall–Kier alpha value is -3.52. The summed E-state index contributed by atoms with van der Waals surface area (Å²) >= 11 is 3.42. The van der Waals surface area contributed by atoms with E-state index in [4.69, 9.17) is 0 Å². The zero-order valence-corrected chi connectivity index (χ0v) is 21.3. The summed E-state index contributed by atoms with van der Waals surface area (Å²) in [5, 5.41) is 14.5. The summed E-state index contributed by atoms with van der Waals surface area (Å²) in [4.78, 5) is 39.6. The lowest BCUT2D eigenvalue weighted by Crippen LogP contribution is -2.52. The predicted molar refractivity (Wildman–Crippen MR) is 139 cm³/mol. The van der Waals surface area contributed by atoms with Crippen LogP contribution in [0.3, 0.4) is 0 Å². The highest BCUT2D eigenvalue weighted by atomic mass is 79.9. The number of carbonyl (C=O) groups excluding carboxylic acids is 2. The Labute approximate surface area is 213 Å². The van der Waals surface area contributed by atoms with E-state index in [1.807, 2.05) is 68.4 Å². The third-order valence-electron chi connectivity index (χ3n) is 5.50. The number of para-hydroxylation sites is 1. The van der Waals surface area contributed by atoms with Crippen LogP contribution >= 0.6 is 15.9 Å². The molecule has 0 fully saturated rings. The standard InChI is InChI=1S/C27H28BrN3O4/c1-19(2)29-27(33)25(16-20-8-4-3-5-9-20)30(18-21-12-14-23(28)15-13-21)26(32)17-22-10-6-7-11-24(22)31(34)35/h3-15,19,25H,16-18H2,1-2H3,(H,29,33). The van der Waals surface area contributed by atoms with Gasteiger partial charge in [-0.3, -0.25) is 19.7 Å². The first-order chi connectivity index (χ1) is 16.7. The molecule has 3 aromatic carbocycles. The molecular formula is C27H28BrN3O4. The number of rotatable bonds is 10. The number of amides is 2. The number of nitro benzene ring substituents is 1. The number of hydrogen-bond acceptors (Lipinski definition) is 4. The molecule has 182 valence electrons. The average molecular weight is 538 g/mol. The second kappa shape index (κ2) is 12.3. The summed E-state index contributed by atoms with van der Waals surface area (Å²) in [5.74, 6) is -0.626. The van der Waals surface area contributed by atoms with Crippen molar-refractivity contribution in [3.8, 4) is 0 Å². The Morgan fingerprint density at radius 2 is 1.57 bits per heavy atom. The molecule has 0 bridgehead atoms. The van der Waals surface area contributed by atoms with Crippen molar-refractivity contribution in [2.24, 2.45) is 0 Å². The van der Waals surface area contributed by atoms with Crippen molar-refractivity contribution in [2.75, 3.05) is 0 Å². The van der Waals surface area contributed by atoms with Crippen LogP contribution in [0, 0.1) is 10.1 Å². The van der Waals surface area contributed by atoms with Crippen molar-refractivity contribution < 1.29 is 14.5 Å². The van der Waals surface area contributed by atoms with E-state index in [0.29, 0.717) is 12.0 Å². The van der Waals surface area contributed by atoms with Crippen molar-refractivity contribution in [3.05, 3.63) is 110 Å². The van der Waals surface area contributed by atoms with Gasteiger partial charge in [0.15, 0.2) is 0 Å². The molecule has 1 unspecified atom stereocenters. The predicted octanol–water partition coefficient (Wildman–Crippen LogP) is 5.06. The molecule has 0 saturated carbocycles. The lowest BCUT2D eigenvalue weighted by atomic mass is 10.0. The first-order valence-corrected chi connectivity index (χ1v) is 12.1. The van der Waals surface area contributed by atoms with Crippen molar-refractivity contribution >= 4 is 33.4 Å². The van der Waals surface area contributed by atoms with Gasteiger partial charge in [-0.15, -0.1) is 0 Å². The van der Waals surface area contributed by atoms with Crippen LogP contribution in [-0.2, 0) is 29.0 Å². The molecule has 0 heterocycles. The molecule has 8 heteroatoms. The van der Waals surface area contributed by atoms with Gasteiger partial charge in [-0.1, -0.05) is 76.6 Å². The summed E-state index contributed by atoms with van der Waals surface area (Å²) in [5.41, 5.74) is 1.96. The van der Waals surface area contributed by atoms with Crippen molar-refractivity contribution in [3.63, 3.8) is 0 Å². The van der Waals surface area contributed by atoms with Gasteiger partial charge in [-0.2, -0.15) is 0 Å². The Balaban J connectivity index is 2.00. The highest BCUT2D eigenvalue weighted by Crippen LogP contribution is 2.22. The zero-order valence-electron chi connectivity index (χ0n) is 19.7. The lowest BCUT2D eigenvalue weighted by molar-refractivity contribution is -0.385. The fraction of sp³-hybridized carbons (Fsp3) is 0.259. The third kappa shape index (κ3) is 7.48. The molecule has 0 saturated heterocycles. The largest absolute Gasteiger partial charge is 0.352 e. The molecule has 1 N–H and O–H groups in total.